The number of hydrogen-bond donors (Lipinski definition) is 1. The van der Waals surface area contributed by atoms with E-state index >= 15 is 0 Å². The molecule has 2 heterocycles. The molecule has 0 radical (unpaired) electrons. The molecule has 2 aromatic heterocycles. The molecule has 0 aliphatic rings. The monoisotopic (exact) mass is 340 g/mol. The molecule has 1 aromatic carbocycles. The van der Waals surface area contributed by atoms with Crippen LogP contribution in [0.5, 0.6) is 0 Å². The zero-order valence-electron chi connectivity index (χ0n) is 13.3. The molecule has 6 heteroatoms. The van der Waals surface area contributed by atoms with E-state index in [0.29, 0.717) is 16.7 Å². The standard InChI is InChI=1S/C18H16N2O3S/c1-11-3-5-13(6-4-11)15-9-12(2)19-18(20-15)24-10-14-7-8-16(23-14)17(21)22/h3-9H,10H2,1-2H3,(H,21,22). The van der Waals surface area contributed by atoms with Gasteiger partial charge in [0.25, 0.3) is 0 Å². The molecule has 0 saturated carbocycles. The average Bonchev–Trinajstić information content (AvgIpc) is 3.02. The molecule has 0 bridgehead atoms. The lowest BCUT2D eigenvalue weighted by Crippen LogP contribution is -1.94. The second-order valence-electron chi connectivity index (χ2n) is 5.40. The van der Waals surface area contributed by atoms with Gasteiger partial charge < -0.3 is 9.52 Å². The predicted molar refractivity (Wildman–Crippen MR) is 92.2 cm³/mol. The van der Waals surface area contributed by atoms with Gasteiger partial charge in [-0.25, -0.2) is 14.8 Å². The van der Waals surface area contributed by atoms with Gasteiger partial charge in [-0.1, -0.05) is 41.6 Å². The number of hydrogen-bond acceptors (Lipinski definition) is 5. The van der Waals surface area contributed by atoms with Crippen LogP contribution < -0.4 is 0 Å². The molecule has 0 saturated heterocycles. The van der Waals surface area contributed by atoms with E-state index in [-0.39, 0.29) is 5.76 Å². The highest BCUT2D eigenvalue weighted by molar-refractivity contribution is 7.98. The molecule has 0 unspecified atom stereocenters. The fourth-order valence-electron chi connectivity index (χ4n) is 2.18. The largest absolute Gasteiger partial charge is 0.475 e. The van der Waals surface area contributed by atoms with Crippen molar-refractivity contribution in [3.8, 4) is 11.3 Å². The zero-order chi connectivity index (χ0) is 17.1. The first-order chi connectivity index (χ1) is 11.5. The Balaban J connectivity index is 1.78. The number of carboxylic acid groups (broad SMARTS) is 1. The fourth-order valence-corrected chi connectivity index (χ4v) is 2.98. The molecule has 122 valence electrons. The number of nitrogens with zero attached hydrogens (tertiary/aromatic N) is 2. The lowest BCUT2D eigenvalue weighted by Gasteiger charge is -2.06. The van der Waals surface area contributed by atoms with Crippen molar-refractivity contribution in [2.24, 2.45) is 0 Å². The minimum absolute atomic E-state index is 0.0592. The molecule has 0 spiro atoms. The molecule has 1 N–H and O–H groups in total. The van der Waals surface area contributed by atoms with Crippen molar-refractivity contribution in [1.82, 2.24) is 9.97 Å². The summed E-state index contributed by atoms with van der Waals surface area (Å²) in [7, 11) is 0. The molecular formula is C18H16N2O3S. The number of furan rings is 1. The number of aromatic nitrogens is 2. The van der Waals surface area contributed by atoms with Gasteiger partial charge in [-0.05, 0) is 32.0 Å². The van der Waals surface area contributed by atoms with E-state index in [2.05, 4.69) is 22.1 Å². The van der Waals surface area contributed by atoms with Crippen LogP contribution in [0.1, 0.15) is 27.6 Å². The first-order valence-electron chi connectivity index (χ1n) is 7.39. The SMILES string of the molecule is Cc1ccc(-c2cc(C)nc(SCc3ccc(C(=O)O)o3)n2)cc1. The summed E-state index contributed by atoms with van der Waals surface area (Å²) in [4.78, 5) is 19.8. The summed E-state index contributed by atoms with van der Waals surface area (Å²) in [5.41, 5.74) is 4.00. The normalized spacial score (nSPS) is 10.8. The van der Waals surface area contributed by atoms with Crippen molar-refractivity contribution in [2.75, 3.05) is 0 Å². The van der Waals surface area contributed by atoms with Crippen LogP contribution in [0.4, 0.5) is 0 Å². The maximum Gasteiger partial charge on any atom is 0.371 e. The first-order valence-corrected chi connectivity index (χ1v) is 8.37. The first kappa shape index (κ1) is 16.3. The van der Waals surface area contributed by atoms with Crippen LogP contribution in [0.2, 0.25) is 0 Å². The van der Waals surface area contributed by atoms with Gasteiger partial charge in [0.15, 0.2) is 5.16 Å². The van der Waals surface area contributed by atoms with Crippen LogP contribution in [-0.2, 0) is 5.75 Å². The smallest absolute Gasteiger partial charge is 0.371 e. The predicted octanol–water partition coefficient (Wildman–Crippen LogP) is 4.34. The summed E-state index contributed by atoms with van der Waals surface area (Å²) in [6.45, 7) is 3.98. The second kappa shape index (κ2) is 6.88. The Morgan fingerprint density at radius 1 is 1.12 bits per heavy atom. The summed E-state index contributed by atoms with van der Waals surface area (Å²) >= 11 is 1.42. The van der Waals surface area contributed by atoms with E-state index in [9.17, 15) is 4.79 Å². The minimum Gasteiger partial charge on any atom is -0.475 e. The van der Waals surface area contributed by atoms with Crippen LogP contribution in [0.25, 0.3) is 11.3 Å². The number of aryl methyl sites for hydroxylation is 2. The average molecular weight is 340 g/mol. The van der Waals surface area contributed by atoms with E-state index in [1.807, 2.05) is 32.0 Å². The van der Waals surface area contributed by atoms with Gasteiger partial charge in [-0.15, -0.1) is 0 Å². The maximum absolute atomic E-state index is 10.8. The molecule has 0 atom stereocenters. The highest BCUT2D eigenvalue weighted by Crippen LogP contribution is 2.25. The Bertz CT molecular complexity index is 872. The number of carboxylic acids is 1. The third kappa shape index (κ3) is 3.83. The van der Waals surface area contributed by atoms with Crippen molar-refractivity contribution >= 4 is 17.7 Å². The fraction of sp³-hybridized carbons (Fsp3) is 0.167. The van der Waals surface area contributed by atoms with Crippen molar-refractivity contribution < 1.29 is 14.3 Å². The molecule has 0 amide bonds. The van der Waals surface area contributed by atoms with Crippen molar-refractivity contribution in [3.05, 3.63) is 65.2 Å². The van der Waals surface area contributed by atoms with Crippen LogP contribution in [0.3, 0.4) is 0 Å². The molecule has 0 fully saturated rings. The van der Waals surface area contributed by atoms with E-state index in [1.54, 1.807) is 6.07 Å². The van der Waals surface area contributed by atoms with Gasteiger partial charge >= 0.3 is 5.97 Å². The number of benzene rings is 1. The molecule has 0 aliphatic heterocycles. The van der Waals surface area contributed by atoms with Crippen LogP contribution in [-0.4, -0.2) is 21.0 Å². The van der Waals surface area contributed by atoms with Gasteiger partial charge in [0.2, 0.25) is 5.76 Å². The quantitative estimate of drug-likeness (QED) is 0.550. The second-order valence-corrected chi connectivity index (χ2v) is 6.35. The Morgan fingerprint density at radius 2 is 1.88 bits per heavy atom. The summed E-state index contributed by atoms with van der Waals surface area (Å²) in [5, 5.41) is 9.51. The summed E-state index contributed by atoms with van der Waals surface area (Å²) < 4.78 is 5.25. The van der Waals surface area contributed by atoms with Crippen molar-refractivity contribution in [1.29, 1.82) is 0 Å². The van der Waals surface area contributed by atoms with Crippen LogP contribution in [0.15, 0.2) is 52.0 Å². The summed E-state index contributed by atoms with van der Waals surface area (Å²) in [6, 6.07) is 13.2. The number of aromatic carboxylic acids is 1. The summed E-state index contributed by atoms with van der Waals surface area (Å²) in [6.07, 6.45) is 0. The number of carbonyl (C=O) groups is 1. The van der Waals surface area contributed by atoms with E-state index in [1.165, 1.54) is 23.4 Å². The number of thioether (sulfide) groups is 1. The van der Waals surface area contributed by atoms with Gasteiger partial charge in [0, 0.05) is 11.3 Å². The van der Waals surface area contributed by atoms with Gasteiger partial charge in [0.05, 0.1) is 11.4 Å². The molecule has 0 aliphatic carbocycles. The lowest BCUT2D eigenvalue weighted by atomic mass is 10.1. The Kier molecular flexibility index (Phi) is 4.66. The molecule has 5 nitrogen and oxygen atoms in total. The topological polar surface area (TPSA) is 76.2 Å². The molecule has 3 rings (SSSR count). The highest BCUT2D eigenvalue weighted by atomic mass is 32.2. The van der Waals surface area contributed by atoms with Gasteiger partial charge in [0.1, 0.15) is 5.76 Å². The third-order valence-corrected chi connectivity index (χ3v) is 4.27. The Morgan fingerprint density at radius 3 is 2.54 bits per heavy atom. The van der Waals surface area contributed by atoms with Crippen LogP contribution >= 0.6 is 11.8 Å². The number of rotatable bonds is 5. The van der Waals surface area contributed by atoms with E-state index in [4.69, 9.17) is 9.52 Å². The van der Waals surface area contributed by atoms with E-state index in [0.717, 1.165) is 17.0 Å². The summed E-state index contributed by atoms with van der Waals surface area (Å²) in [5.74, 6) is -0.0698. The molecular weight excluding hydrogens is 324 g/mol. The van der Waals surface area contributed by atoms with Crippen LogP contribution in [0, 0.1) is 13.8 Å². The third-order valence-electron chi connectivity index (χ3n) is 3.40. The Hall–Kier alpha value is -2.60. The zero-order valence-corrected chi connectivity index (χ0v) is 14.1. The van der Waals surface area contributed by atoms with E-state index < -0.39 is 5.97 Å². The maximum atomic E-state index is 10.8. The van der Waals surface area contributed by atoms with Crippen molar-refractivity contribution in [3.63, 3.8) is 0 Å². The molecule has 24 heavy (non-hydrogen) atoms. The lowest BCUT2D eigenvalue weighted by molar-refractivity contribution is 0.0661. The highest BCUT2D eigenvalue weighted by Gasteiger charge is 2.11. The Labute approximate surface area is 143 Å². The molecule has 3 aromatic rings. The van der Waals surface area contributed by atoms with Gasteiger partial charge in [-0.3, -0.25) is 0 Å². The van der Waals surface area contributed by atoms with Gasteiger partial charge in [-0.2, -0.15) is 0 Å². The van der Waals surface area contributed by atoms with Crippen molar-refractivity contribution in [2.45, 2.75) is 24.8 Å². The minimum atomic E-state index is -1.07.